The van der Waals surface area contributed by atoms with Gasteiger partial charge in [0.25, 0.3) is 5.91 Å². The summed E-state index contributed by atoms with van der Waals surface area (Å²) in [7, 11) is 0. The van der Waals surface area contributed by atoms with E-state index in [9.17, 15) is 9.59 Å². The first-order valence-corrected chi connectivity index (χ1v) is 10.7. The zero-order chi connectivity index (χ0) is 20.8. The number of carbonyl (C=O) groups excluding carboxylic acids is 2. The molecule has 7 heteroatoms. The molecule has 158 valence electrons. The van der Waals surface area contributed by atoms with Crippen LogP contribution < -0.4 is 5.32 Å². The van der Waals surface area contributed by atoms with E-state index in [0.717, 1.165) is 49.8 Å². The Hall–Kier alpha value is -2.41. The lowest BCUT2D eigenvalue weighted by Crippen LogP contribution is -2.45. The fourth-order valence-electron chi connectivity index (χ4n) is 3.89. The van der Waals surface area contributed by atoms with Gasteiger partial charge >= 0.3 is 5.97 Å². The molecule has 0 radical (unpaired) electrons. The summed E-state index contributed by atoms with van der Waals surface area (Å²) in [6.07, 6.45) is 3.10. The fourth-order valence-corrected chi connectivity index (χ4v) is 3.89. The van der Waals surface area contributed by atoms with Crippen LogP contribution in [0.15, 0.2) is 24.3 Å². The van der Waals surface area contributed by atoms with Crippen LogP contribution in [0.2, 0.25) is 0 Å². The number of piperidine rings is 1. The molecule has 0 aliphatic carbocycles. The summed E-state index contributed by atoms with van der Waals surface area (Å²) in [5.74, 6) is -0.218. The number of hydrogen-bond acceptors (Lipinski definition) is 5. The molecule has 0 spiro atoms. The molecule has 29 heavy (non-hydrogen) atoms. The van der Waals surface area contributed by atoms with Gasteiger partial charge in [-0.05, 0) is 52.6 Å². The number of rotatable bonds is 8. The van der Waals surface area contributed by atoms with Gasteiger partial charge in [-0.25, -0.2) is 0 Å². The van der Waals surface area contributed by atoms with Crippen LogP contribution in [0.5, 0.6) is 0 Å². The molecule has 1 aromatic heterocycles. The maximum absolute atomic E-state index is 12.9. The third kappa shape index (κ3) is 5.35. The number of carbonyl (C=O) groups is 2. The highest BCUT2D eigenvalue weighted by Crippen LogP contribution is 2.22. The number of aromatic nitrogens is 2. The molecule has 1 aliphatic rings. The molecule has 0 unspecified atom stereocenters. The van der Waals surface area contributed by atoms with E-state index in [0.29, 0.717) is 18.7 Å². The van der Waals surface area contributed by atoms with E-state index in [1.54, 1.807) is 0 Å². The summed E-state index contributed by atoms with van der Waals surface area (Å²) in [5, 5.41) is 8.67. The molecule has 1 saturated heterocycles. The van der Waals surface area contributed by atoms with Crippen LogP contribution in [0, 0.1) is 0 Å². The molecule has 2 heterocycles. The smallest absolute Gasteiger partial charge is 0.305 e. The van der Waals surface area contributed by atoms with E-state index >= 15 is 0 Å². The Bertz CT molecular complexity index is 838. The van der Waals surface area contributed by atoms with Crippen LogP contribution in [0.25, 0.3) is 10.9 Å². The van der Waals surface area contributed by atoms with E-state index in [1.165, 1.54) is 0 Å². The molecule has 1 N–H and O–H groups in total. The van der Waals surface area contributed by atoms with Gasteiger partial charge in [0.05, 0.1) is 12.1 Å². The van der Waals surface area contributed by atoms with Crippen molar-refractivity contribution in [2.45, 2.75) is 58.5 Å². The summed E-state index contributed by atoms with van der Waals surface area (Å²) in [5.41, 5.74) is 1.50. The van der Waals surface area contributed by atoms with E-state index in [1.807, 2.05) is 35.9 Å². The number of likely N-dealkylation sites (tertiary alicyclic amines) is 1. The Morgan fingerprint density at radius 3 is 2.66 bits per heavy atom. The quantitative estimate of drug-likeness (QED) is 0.689. The molecule has 1 amide bonds. The Labute approximate surface area is 172 Å². The molecule has 0 atom stereocenters. The maximum atomic E-state index is 12.9. The third-order valence-electron chi connectivity index (χ3n) is 5.40. The summed E-state index contributed by atoms with van der Waals surface area (Å²) in [4.78, 5) is 26.7. The van der Waals surface area contributed by atoms with Crippen molar-refractivity contribution < 1.29 is 14.3 Å². The largest absolute Gasteiger partial charge is 0.466 e. The van der Waals surface area contributed by atoms with Gasteiger partial charge in [0.2, 0.25) is 0 Å². The number of fused-ring (bicyclic) bond motifs is 1. The zero-order valence-electron chi connectivity index (χ0n) is 17.7. The van der Waals surface area contributed by atoms with Gasteiger partial charge in [-0.2, -0.15) is 5.10 Å². The van der Waals surface area contributed by atoms with Crippen molar-refractivity contribution >= 4 is 22.8 Å². The summed E-state index contributed by atoms with van der Waals surface area (Å²) >= 11 is 0. The van der Waals surface area contributed by atoms with E-state index in [4.69, 9.17) is 4.74 Å². The van der Waals surface area contributed by atoms with Crippen molar-refractivity contribution in [3.8, 4) is 0 Å². The van der Waals surface area contributed by atoms with Gasteiger partial charge in [-0.3, -0.25) is 14.3 Å². The van der Waals surface area contributed by atoms with Crippen molar-refractivity contribution in [3.63, 3.8) is 0 Å². The number of para-hydroxylation sites is 1. The van der Waals surface area contributed by atoms with Gasteiger partial charge in [-0.15, -0.1) is 0 Å². The minimum atomic E-state index is -0.122. The second-order valence-corrected chi connectivity index (χ2v) is 7.90. The maximum Gasteiger partial charge on any atom is 0.305 e. The van der Waals surface area contributed by atoms with Gasteiger partial charge in [0.15, 0.2) is 5.69 Å². The number of hydrogen-bond donors (Lipinski definition) is 1. The van der Waals surface area contributed by atoms with E-state index in [-0.39, 0.29) is 24.0 Å². The van der Waals surface area contributed by atoms with Crippen LogP contribution in [0.3, 0.4) is 0 Å². The number of benzene rings is 1. The molecule has 2 aromatic rings. The third-order valence-corrected chi connectivity index (χ3v) is 5.40. The minimum Gasteiger partial charge on any atom is -0.466 e. The first kappa shape index (κ1) is 21.3. The average Bonchev–Trinajstić information content (AvgIpc) is 3.10. The van der Waals surface area contributed by atoms with Gasteiger partial charge < -0.3 is 15.0 Å². The van der Waals surface area contributed by atoms with Crippen LogP contribution >= 0.6 is 0 Å². The normalized spacial score (nSPS) is 15.7. The van der Waals surface area contributed by atoms with Crippen molar-refractivity contribution in [1.82, 2.24) is 20.0 Å². The second-order valence-electron chi connectivity index (χ2n) is 7.90. The molecule has 0 saturated carbocycles. The molecule has 1 fully saturated rings. The van der Waals surface area contributed by atoms with Crippen LogP contribution in [-0.4, -0.2) is 58.8 Å². The van der Waals surface area contributed by atoms with E-state index < -0.39 is 0 Å². The highest BCUT2D eigenvalue weighted by atomic mass is 16.5. The first-order chi connectivity index (χ1) is 14.0. The van der Waals surface area contributed by atoms with Crippen molar-refractivity contribution in [2.24, 2.45) is 0 Å². The van der Waals surface area contributed by atoms with Crippen LogP contribution in [0.1, 0.15) is 63.0 Å². The molecule has 7 nitrogen and oxygen atoms in total. The molecule has 0 bridgehead atoms. The first-order valence-electron chi connectivity index (χ1n) is 10.7. The van der Waals surface area contributed by atoms with Crippen molar-refractivity contribution in [3.05, 3.63) is 30.0 Å². The lowest BCUT2D eigenvalue weighted by molar-refractivity contribution is -0.143. The van der Waals surface area contributed by atoms with Gasteiger partial charge in [0.1, 0.15) is 0 Å². The number of amides is 1. The molecular weight excluding hydrogens is 368 g/mol. The van der Waals surface area contributed by atoms with Crippen LogP contribution in [0.4, 0.5) is 0 Å². The molecule has 1 aliphatic heterocycles. The molecular formula is C22H32N4O3. The average molecular weight is 401 g/mol. The van der Waals surface area contributed by atoms with Gasteiger partial charge in [-0.1, -0.05) is 18.2 Å². The lowest BCUT2D eigenvalue weighted by Gasteiger charge is -2.32. The monoisotopic (exact) mass is 400 g/mol. The zero-order valence-corrected chi connectivity index (χ0v) is 17.7. The molecule has 1 aromatic carbocycles. The minimum absolute atomic E-state index is 0.0960. The fraction of sp³-hybridized carbons (Fsp3) is 0.591. The topological polar surface area (TPSA) is 76.5 Å². The van der Waals surface area contributed by atoms with Gasteiger partial charge in [0, 0.05) is 37.0 Å². The SMILES string of the molecule is CCOC(=O)CCCN1CCC(NC(=O)c2nn(C(C)C)c3ccccc23)CC1. The lowest BCUT2D eigenvalue weighted by atomic mass is 10.0. The van der Waals surface area contributed by atoms with Crippen molar-refractivity contribution in [1.29, 1.82) is 0 Å². The standard InChI is InChI=1S/C22H32N4O3/c1-4-29-20(27)10-7-13-25-14-11-17(12-15-25)23-22(28)21-18-8-5-6-9-19(18)26(24-21)16(2)3/h5-6,8-9,16-17H,4,7,10-15H2,1-3H3,(H,23,28). The Morgan fingerprint density at radius 1 is 1.24 bits per heavy atom. The van der Waals surface area contributed by atoms with E-state index in [2.05, 4.69) is 29.2 Å². The highest BCUT2D eigenvalue weighted by molar-refractivity contribution is 6.05. The highest BCUT2D eigenvalue weighted by Gasteiger charge is 2.24. The van der Waals surface area contributed by atoms with Crippen LogP contribution in [-0.2, 0) is 9.53 Å². The summed E-state index contributed by atoms with van der Waals surface area (Å²) in [6, 6.07) is 8.24. The number of nitrogens with one attached hydrogen (secondary N) is 1. The molecule has 3 rings (SSSR count). The van der Waals surface area contributed by atoms with Crippen molar-refractivity contribution in [2.75, 3.05) is 26.2 Å². The Kier molecular flexibility index (Phi) is 7.25. The predicted octanol–water partition coefficient (Wildman–Crippen LogP) is 3.15. The predicted molar refractivity (Wildman–Crippen MR) is 113 cm³/mol. The Morgan fingerprint density at radius 2 is 1.97 bits per heavy atom. The summed E-state index contributed by atoms with van der Waals surface area (Å²) in [6.45, 7) is 9.14. The number of esters is 1. The summed E-state index contributed by atoms with van der Waals surface area (Å²) < 4.78 is 6.88. The second kappa shape index (κ2) is 9.87. The Balaban J connectivity index is 1.52. The number of nitrogens with zero attached hydrogens (tertiary/aromatic N) is 3. The number of ether oxygens (including phenoxy) is 1.